The van der Waals surface area contributed by atoms with Crippen molar-refractivity contribution in [2.45, 2.75) is 37.5 Å². The fourth-order valence-electron chi connectivity index (χ4n) is 1.94. The minimum absolute atomic E-state index is 0.118. The molecule has 0 aliphatic carbocycles. The normalized spacial score (nSPS) is 10.5. The van der Waals surface area contributed by atoms with Crippen LogP contribution in [0.1, 0.15) is 34.0 Å². The van der Waals surface area contributed by atoms with Crippen LogP contribution in [0.5, 0.6) is 0 Å². The number of aryl methyl sites for hydroxylation is 3. The van der Waals surface area contributed by atoms with Crippen LogP contribution in [-0.2, 0) is 0 Å². The van der Waals surface area contributed by atoms with E-state index >= 15 is 0 Å². The lowest BCUT2D eigenvalue weighted by Crippen LogP contribution is -1.96. The highest BCUT2D eigenvalue weighted by molar-refractivity contribution is 7.99. The maximum Gasteiger partial charge on any atom is 0.160 e. The Morgan fingerprint density at radius 3 is 2.11 bits per heavy atom. The minimum Gasteiger partial charge on any atom is -0.294 e. The number of carbonyl (C=O) groups excluding carboxylic acids is 1. The van der Waals surface area contributed by atoms with Crippen molar-refractivity contribution in [1.82, 2.24) is 0 Å². The van der Waals surface area contributed by atoms with Crippen LogP contribution in [0.3, 0.4) is 0 Å². The first-order chi connectivity index (χ1) is 8.97. The van der Waals surface area contributed by atoms with E-state index in [0.29, 0.717) is 0 Å². The number of benzene rings is 2. The molecule has 0 bridgehead atoms. The molecule has 0 atom stereocenters. The Kier molecular flexibility index (Phi) is 4.11. The van der Waals surface area contributed by atoms with Crippen LogP contribution in [0.25, 0.3) is 0 Å². The fraction of sp³-hybridized carbons (Fsp3) is 0.235. The van der Waals surface area contributed by atoms with Gasteiger partial charge in [0.15, 0.2) is 5.78 Å². The summed E-state index contributed by atoms with van der Waals surface area (Å²) in [5.41, 5.74) is 4.46. The van der Waals surface area contributed by atoms with Crippen molar-refractivity contribution in [1.29, 1.82) is 0 Å². The van der Waals surface area contributed by atoms with Gasteiger partial charge in [-0.2, -0.15) is 0 Å². The van der Waals surface area contributed by atoms with Crippen LogP contribution < -0.4 is 0 Å². The topological polar surface area (TPSA) is 17.1 Å². The molecule has 0 fully saturated rings. The van der Waals surface area contributed by atoms with E-state index in [1.807, 2.05) is 12.1 Å². The Morgan fingerprint density at radius 1 is 0.895 bits per heavy atom. The quantitative estimate of drug-likeness (QED) is 0.733. The number of carbonyl (C=O) groups is 1. The van der Waals surface area contributed by atoms with Crippen LogP contribution in [0.4, 0.5) is 0 Å². The zero-order valence-electron chi connectivity index (χ0n) is 11.8. The molecule has 2 aromatic carbocycles. The third kappa shape index (κ3) is 3.27. The lowest BCUT2D eigenvalue weighted by molar-refractivity contribution is 0.101. The summed E-state index contributed by atoms with van der Waals surface area (Å²) in [5, 5.41) is 0. The summed E-state index contributed by atoms with van der Waals surface area (Å²) in [4.78, 5) is 14.0. The van der Waals surface area contributed by atoms with Gasteiger partial charge in [-0.15, -0.1) is 0 Å². The molecule has 0 saturated heterocycles. The Bertz CT molecular complexity index is 629. The molecule has 0 saturated carbocycles. The molecular formula is C17H18OS. The van der Waals surface area contributed by atoms with E-state index in [1.165, 1.54) is 21.6 Å². The maximum absolute atomic E-state index is 11.7. The molecule has 0 amide bonds. The first kappa shape index (κ1) is 13.9. The number of hydrogen-bond donors (Lipinski definition) is 0. The molecule has 0 spiro atoms. The average Bonchev–Trinajstić information content (AvgIpc) is 2.33. The molecule has 2 rings (SSSR count). The van der Waals surface area contributed by atoms with E-state index in [0.717, 1.165) is 10.5 Å². The second-order valence-corrected chi connectivity index (χ2v) is 6.01. The van der Waals surface area contributed by atoms with Crippen LogP contribution in [0.15, 0.2) is 46.2 Å². The van der Waals surface area contributed by atoms with Crippen molar-refractivity contribution in [2.75, 3.05) is 0 Å². The van der Waals surface area contributed by atoms with Crippen LogP contribution in [0.2, 0.25) is 0 Å². The minimum atomic E-state index is 0.118. The Hall–Kier alpha value is -1.54. The molecular weight excluding hydrogens is 252 g/mol. The van der Waals surface area contributed by atoms with E-state index in [2.05, 4.69) is 45.0 Å². The van der Waals surface area contributed by atoms with E-state index in [9.17, 15) is 4.79 Å². The third-order valence-electron chi connectivity index (χ3n) is 3.08. The SMILES string of the molecule is CC(=O)c1ccc(C)cc1Sc1cc(C)ccc1C. The first-order valence-electron chi connectivity index (χ1n) is 6.34. The van der Waals surface area contributed by atoms with E-state index in [1.54, 1.807) is 18.7 Å². The molecule has 0 radical (unpaired) electrons. The molecule has 98 valence electrons. The van der Waals surface area contributed by atoms with E-state index in [4.69, 9.17) is 0 Å². The third-order valence-corrected chi connectivity index (χ3v) is 4.30. The highest BCUT2D eigenvalue weighted by Crippen LogP contribution is 2.34. The number of Topliss-reactive ketones (excluding diaryl/α,β-unsaturated/α-hetero) is 1. The summed E-state index contributed by atoms with van der Waals surface area (Å²) in [7, 11) is 0. The predicted octanol–water partition coefficient (Wildman–Crippen LogP) is 4.97. The highest BCUT2D eigenvalue weighted by Gasteiger charge is 2.10. The zero-order valence-corrected chi connectivity index (χ0v) is 12.6. The van der Waals surface area contributed by atoms with Gasteiger partial charge in [0.05, 0.1) is 0 Å². The van der Waals surface area contributed by atoms with Gasteiger partial charge in [-0.3, -0.25) is 4.79 Å². The van der Waals surface area contributed by atoms with Gasteiger partial charge in [-0.25, -0.2) is 0 Å². The molecule has 2 aromatic rings. The van der Waals surface area contributed by atoms with Gasteiger partial charge in [0.2, 0.25) is 0 Å². The van der Waals surface area contributed by atoms with E-state index < -0.39 is 0 Å². The maximum atomic E-state index is 11.7. The van der Waals surface area contributed by atoms with E-state index in [-0.39, 0.29) is 5.78 Å². The zero-order chi connectivity index (χ0) is 14.0. The van der Waals surface area contributed by atoms with Gasteiger partial charge >= 0.3 is 0 Å². The standard InChI is InChI=1S/C17H18OS/c1-11-5-7-13(3)16(9-11)19-17-10-12(2)6-8-15(17)14(4)18/h5-10H,1-4H3. The largest absolute Gasteiger partial charge is 0.294 e. The molecule has 0 aliphatic rings. The average molecular weight is 270 g/mol. The van der Waals surface area contributed by atoms with Gasteiger partial charge in [0.1, 0.15) is 0 Å². The predicted molar refractivity (Wildman–Crippen MR) is 81.2 cm³/mol. The molecule has 19 heavy (non-hydrogen) atoms. The number of rotatable bonds is 3. The highest BCUT2D eigenvalue weighted by atomic mass is 32.2. The van der Waals surface area contributed by atoms with Crippen molar-refractivity contribution in [3.63, 3.8) is 0 Å². The molecule has 0 heterocycles. The smallest absolute Gasteiger partial charge is 0.160 e. The van der Waals surface area contributed by atoms with Crippen LogP contribution in [0, 0.1) is 20.8 Å². The number of ketones is 1. The summed E-state index contributed by atoms with van der Waals surface area (Å²) < 4.78 is 0. The Labute approximate surface area is 119 Å². The lowest BCUT2D eigenvalue weighted by atomic mass is 10.1. The Balaban J connectivity index is 2.45. The monoisotopic (exact) mass is 270 g/mol. The van der Waals surface area contributed by atoms with Gasteiger partial charge in [0, 0.05) is 15.4 Å². The molecule has 0 N–H and O–H groups in total. The summed E-state index contributed by atoms with van der Waals surface area (Å²) in [6.45, 7) is 7.87. The lowest BCUT2D eigenvalue weighted by Gasteiger charge is -2.10. The molecule has 2 heteroatoms. The second kappa shape index (κ2) is 5.62. The summed E-state index contributed by atoms with van der Waals surface area (Å²) in [6, 6.07) is 12.4. The van der Waals surface area contributed by atoms with Crippen molar-refractivity contribution >= 4 is 17.5 Å². The molecule has 1 nitrogen and oxygen atoms in total. The number of hydrogen-bond acceptors (Lipinski definition) is 2. The fourth-order valence-corrected chi connectivity index (χ4v) is 3.22. The van der Waals surface area contributed by atoms with Crippen molar-refractivity contribution < 1.29 is 4.79 Å². The molecule has 0 aliphatic heterocycles. The van der Waals surface area contributed by atoms with Crippen molar-refractivity contribution in [3.8, 4) is 0 Å². The van der Waals surface area contributed by atoms with Gasteiger partial charge < -0.3 is 0 Å². The summed E-state index contributed by atoms with van der Waals surface area (Å²) >= 11 is 1.68. The molecule has 0 unspecified atom stereocenters. The first-order valence-corrected chi connectivity index (χ1v) is 7.15. The van der Waals surface area contributed by atoms with Crippen LogP contribution in [-0.4, -0.2) is 5.78 Å². The van der Waals surface area contributed by atoms with Crippen molar-refractivity contribution in [3.05, 3.63) is 58.7 Å². The molecule has 0 aromatic heterocycles. The van der Waals surface area contributed by atoms with Crippen LogP contribution >= 0.6 is 11.8 Å². The summed E-state index contributed by atoms with van der Waals surface area (Å²) in [5.74, 6) is 0.118. The van der Waals surface area contributed by atoms with Gasteiger partial charge in [0.25, 0.3) is 0 Å². The summed E-state index contributed by atoms with van der Waals surface area (Å²) in [6.07, 6.45) is 0. The van der Waals surface area contributed by atoms with Crippen molar-refractivity contribution in [2.24, 2.45) is 0 Å². The van der Waals surface area contributed by atoms with Gasteiger partial charge in [-0.05, 0) is 56.5 Å². The van der Waals surface area contributed by atoms with Gasteiger partial charge in [-0.1, -0.05) is 36.0 Å². The Morgan fingerprint density at radius 2 is 1.47 bits per heavy atom. The second-order valence-electron chi connectivity index (χ2n) is 4.93.